The molecule has 0 amide bonds. The molecule has 0 saturated heterocycles. The average molecular weight is 397 g/mol. The first-order chi connectivity index (χ1) is 14.0. The van der Waals surface area contributed by atoms with Gasteiger partial charge in [0.25, 0.3) is 0 Å². The molecule has 2 aromatic rings. The third-order valence-electron chi connectivity index (χ3n) is 4.99. The van der Waals surface area contributed by atoms with Crippen molar-refractivity contribution < 1.29 is 19.2 Å². The zero-order valence-electron chi connectivity index (χ0n) is 16.9. The van der Waals surface area contributed by atoms with Crippen molar-refractivity contribution in [1.82, 2.24) is 0 Å². The summed E-state index contributed by atoms with van der Waals surface area (Å²) in [5.74, 6) is 0.535. The van der Waals surface area contributed by atoms with E-state index in [1.807, 2.05) is 30.3 Å². The van der Waals surface area contributed by atoms with E-state index in [9.17, 15) is 14.9 Å². The number of rotatable bonds is 12. The standard InChI is InChI=1S/C23H27NO5/c1-4-20(18-11-15-22(28-2)23(16-18)29-3)21(24(26)27)14-13-19(25)12-10-17-8-6-5-7-9-17/h4-9,11,15-16,20-21H,1,10,12-14H2,2-3H3. The molecule has 0 N–H and O–H groups in total. The fraction of sp³-hybridized carbons (Fsp3) is 0.348. The Bertz CT molecular complexity index is 834. The number of carbonyl (C=O) groups excluding carboxylic acids is 1. The second-order valence-electron chi connectivity index (χ2n) is 6.79. The largest absolute Gasteiger partial charge is 0.493 e. The predicted octanol–water partition coefficient (Wildman–Crippen LogP) is 4.60. The molecule has 0 aliphatic rings. The van der Waals surface area contributed by atoms with Crippen LogP contribution in [-0.4, -0.2) is 31.0 Å². The van der Waals surface area contributed by atoms with E-state index < -0.39 is 12.0 Å². The van der Waals surface area contributed by atoms with Crippen LogP contribution in [0.2, 0.25) is 0 Å². The van der Waals surface area contributed by atoms with E-state index in [1.54, 1.807) is 24.3 Å². The minimum atomic E-state index is -0.939. The number of nitro groups is 1. The van der Waals surface area contributed by atoms with Crippen LogP contribution in [0.15, 0.2) is 61.2 Å². The van der Waals surface area contributed by atoms with Gasteiger partial charge in [-0.3, -0.25) is 14.9 Å². The van der Waals surface area contributed by atoms with Crippen molar-refractivity contribution in [2.75, 3.05) is 14.2 Å². The monoisotopic (exact) mass is 397 g/mol. The van der Waals surface area contributed by atoms with Gasteiger partial charge in [-0.05, 0) is 29.7 Å². The summed E-state index contributed by atoms with van der Waals surface area (Å²) in [6, 6.07) is 14.0. The highest BCUT2D eigenvalue weighted by Crippen LogP contribution is 2.34. The Balaban J connectivity index is 2.05. The Hall–Kier alpha value is -3.15. The fourth-order valence-electron chi connectivity index (χ4n) is 3.35. The van der Waals surface area contributed by atoms with Gasteiger partial charge in [0.15, 0.2) is 11.5 Å². The topological polar surface area (TPSA) is 78.7 Å². The number of hydrogen-bond donors (Lipinski definition) is 0. The molecule has 2 unspecified atom stereocenters. The van der Waals surface area contributed by atoms with Gasteiger partial charge in [-0.15, -0.1) is 6.58 Å². The molecule has 0 spiro atoms. The molecule has 0 radical (unpaired) electrons. The molecule has 0 aliphatic heterocycles. The molecule has 0 aromatic heterocycles. The van der Waals surface area contributed by atoms with Gasteiger partial charge < -0.3 is 9.47 Å². The number of ether oxygens (including phenoxy) is 2. The minimum absolute atomic E-state index is 0.0239. The van der Waals surface area contributed by atoms with Crippen molar-refractivity contribution in [2.45, 2.75) is 37.6 Å². The normalized spacial score (nSPS) is 12.6. The number of benzene rings is 2. The van der Waals surface area contributed by atoms with Gasteiger partial charge in [0.2, 0.25) is 6.04 Å². The third-order valence-corrected chi connectivity index (χ3v) is 4.99. The molecular formula is C23H27NO5. The molecule has 2 atom stereocenters. The summed E-state index contributed by atoms with van der Waals surface area (Å²) in [6.45, 7) is 3.78. The van der Waals surface area contributed by atoms with E-state index >= 15 is 0 Å². The average Bonchev–Trinajstić information content (AvgIpc) is 2.75. The number of ketones is 1. The van der Waals surface area contributed by atoms with Crippen LogP contribution in [0.4, 0.5) is 0 Å². The van der Waals surface area contributed by atoms with E-state index in [1.165, 1.54) is 14.2 Å². The van der Waals surface area contributed by atoms with Crippen molar-refractivity contribution in [3.63, 3.8) is 0 Å². The SMILES string of the molecule is C=CC(c1ccc(OC)c(OC)c1)C(CCC(=O)CCc1ccccc1)[N+](=O)[O-]. The molecule has 0 saturated carbocycles. The highest BCUT2D eigenvalue weighted by Gasteiger charge is 2.31. The van der Waals surface area contributed by atoms with E-state index in [2.05, 4.69) is 6.58 Å². The van der Waals surface area contributed by atoms with Crippen LogP contribution in [0.5, 0.6) is 11.5 Å². The summed E-state index contributed by atoms with van der Waals surface area (Å²) in [5.41, 5.74) is 1.79. The highest BCUT2D eigenvalue weighted by molar-refractivity contribution is 5.78. The molecule has 2 rings (SSSR count). The second-order valence-corrected chi connectivity index (χ2v) is 6.79. The van der Waals surface area contributed by atoms with Crippen molar-refractivity contribution in [3.05, 3.63) is 82.4 Å². The molecule has 0 fully saturated rings. The molecule has 154 valence electrons. The molecular weight excluding hydrogens is 370 g/mol. The molecule has 0 heterocycles. The van der Waals surface area contributed by atoms with Crippen LogP contribution < -0.4 is 9.47 Å². The third kappa shape index (κ3) is 6.17. The van der Waals surface area contributed by atoms with Crippen molar-refractivity contribution in [1.29, 1.82) is 0 Å². The van der Waals surface area contributed by atoms with E-state index in [0.29, 0.717) is 29.9 Å². The maximum Gasteiger partial charge on any atom is 0.223 e. The van der Waals surface area contributed by atoms with Crippen LogP contribution in [0.1, 0.15) is 36.3 Å². The van der Waals surface area contributed by atoms with Crippen LogP contribution in [0, 0.1) is 10.1 Å². The first kappa shape index (κ1) is 22.1. The Kier molecular flexibility index (Phi) is 8.40. The molecule has 2 aromatic carbocycles. The lowest BCUT2D eigenvalue weighted by molar-refractivity contribution is -0.525. The van der Waals surface area contributed by atoms with E-state index in [0.717, 1.165) is 5.56 Å². The molecule has 0 aliphatic carbocycles. The summed E-state index contributed by atoms with van der Waals surface area (Å²) in [7, 11) is 3.05. The number of carbonyl (C=O) groups is 1. The molecule has 29 heavy (non-hydrogen) atoms. The Morgan fingerprint density at radius 3 is 2.38 bits per heavy atom. The van der Waals surface area contributed by atoms with Gasteiger partial charge in [0, 0.05) is 24.2 Å². The van der Waals surface area contributed by atoms with E-state index in [4.69, 9.17) is 9.47 Å². The second kappa shape index (κ2) is 11.0. The number of hydrogen-bond acceptors (Lipinski definition) is 5. The highest BCUT2D eigenvalue weighted by atomic mass is 16.6. The van der Waals surface area contributed by atoms with Gasteiger partial charge in [0.05, 0.1) is 20.1 Å². The summed E-state index contributed by atoms with van der Waals surface area (Å²) in [4.78, 5) is 23.7. The van der Waals surface area contributed by atoms with Crippen LogP contribution in [-0.2, 0) is 11.2 Å². The summed E-state index contributed by atoms with van der Waals surface area (Å²) >= 11 is 0. The van der Waals surface area contributed by atoms with Gasteiger partial charge in [0.1, 0.15) is 5.78 Å². The van der Waals surface area contributed by atoms with E-state index in [-0.39, 0.29) is 23.5 Å². The first-order valence-corrected chi connectivity index (χ1v) is 9.53. The smallest absolute Gasteiger partial charge is 0.223 e. The zero-order valence-corrected chi connectivity index (χ0v) is 16.9. The Labute approximate surface area is 171 Å². The van der Waals surface area contributed by atoms with Crippen molar-refractivity contribution >= 4 is 5.78 Å². The number of nitrogens with zero attached hydrogens (tertiary/aromatic N) is 1. The maximum absolute atomic E-state index is 12.3. The Morgan fingerprint density at radius 2 is 1.79 bits per heavy atom. The first-order valence-electron chi connectivity index (χ1n) is 9.53. The van der Waals surface area contributed by atoms with Gasteiger partial charge >= 0.3 is 0 Å². The molecule has 6 heteroatoms. The quantitative estimate of drug-likeness (QED) is 0.297. The summed E-state index contributed by atoms with van der Waals surface area (Å²) in [6.07, 6.45) is 2.90. The predicted molar refractivity (Wildman–Crippen MR) is 112 cm³/mol. The van der Waals surface area contributed by atoms with Gasteiger partial charge in [-0.1, -0.05) is 42.5 Å². The lowest BCUT2D eigenvalue weighted by Crippen LogP contribution is -2.27. The zero-order chi connectivity index (χ0) is 21.2. The van der Waals surface area contributed by atoms with Crippen LogP contribution in [0.3, 0.4) is 0 Å². The van der Waals surface area contributed by atoms with Crippen molar-refractivity contribution in [2.24, 2.45) is 0 Å². The summed E-state index contributed by atoms with van der Waals surface area (Å²) < 4.78 is 10.5. The summed E-state index contributed by atoms with van der Waals surface area (Å²) in [5, 5.41) is 11.7. The van der Waals surface area contributed by atoms with Gasteiger partial charge in [-0.2, -0.15) is 0 Å². The fourth-order valence-corrected chi connectivity index (χ4v) is 3.35. The van der Waals surface area contributed by atoms with Crippen LogP contribution in [0.25, 0.3) is 0 Å². The molecule has 6 nitrogen and oxygen atoms in total. The number of aryl methyl sites for hydroxylation is 1. The number of methoxy groups -OCH3 is 2. The molecule has 0 bridgehead atoms. The Morgan fingerprint density at radius 1 is 1.10 bits per heavy atom. The maximum atomic E-state index is 12.3. The van der Waals surface area contributed by atoms with Crippen molar-refractivity contribution in [3.8, 4) is 11.5 Å². The van der Waals surface area contributed by atoms with Crippen LogP contribution >= 0.6 is 0 Å². The van der Waals surface area contributed by atoms with Gasteiger partial charge in [-0.25, -0.2) is 0 Å². The number of Topliss-reactive ketones (excluding diaryl/α,β-unsaturated/α-hetero) is 1. The lowest BCUT2D eigenvalue weighted by atomic mass is 9.88. The lowest BCUT2D eigenvalue weighted by Gasteiger charge is -2.19. The minimum Gasteiger partial charge on any atom is -0.493 e.